The minimum atomic E-state index is -1.16. The van der Waals surface area contributed by atoms with Crippen LogP contribution in [-0.4, -0.2) is 60.8 Å². The summed E-state index contributed by atoms with van der Waals surface area (Å²) in [5.41, 5.74) is 2.66. The first-order valence-corrected chi connectivity index (χ1v) is 11.7. The second kappa shape index (κ2) is 12.9. The second-order valence-corrected chi connectivity index (χ2v) is 8.67. The van der Waals surface area contributed by atoms with Gasteiger partial charge in [0.2, 0.25) is 11.8 Å². The Morgan fingerprint density at radius 1 is 1.14 bits per heavy atom. The van der Waals surface area contributed by atoms with E-state index in [0.29, 0.717) is 31.1 Å². The van der Waals surface area contributed by atoms with E-state index in [0.717, 1.165) is 17.7 Å². The predicted octanol–water partition coefficient (Wildman–Crippen LogP) is 1.57. The first-order chi connectivity index (χ1) is 16.8. The van der Waals surface area contributed by atoms with Crippen LogP contribution in [0.4, 0.5) is 0 Å². The van der Waals surface area contributed by atoms with E-state index in [-0.39, 0.29) is 24.9 Å². The van der Waals surface area contributed by atoms with Crippen LogP contribution in [0.15, 0.2) is 48.5 Å². The number of nitrogens with one attached hydrogen (secondary N) is 3. The molecule has 0 aliphatic carbocycles. The highest BCUT2D eigenvalue weighted by Crippen LogP contribution is 2.22. The van der Waals surface area contributed by atoms with Gasteiger partial charge in [-0.2, -0.15) is 0 Å². The molecule has 1 saturated heterocycles. The molecule has 0 radical (unpaired) electrons. The van der Waals surface area contributed by atoms with Crippen molar-refractivity contribution in [3.8, 4) is 5.75 Å². The van der Waals surface area contributed by atoms with Crippen LogP contribution in [0, 0.1) is 6.92 Å². The molecule has 2 amide bonds. The third-order valence-corrected chi connectivity index (χ3v) is 5.73. The summed E-state index contributed by atoms with van der Waals surface area (Å²) in [6.07, 6.45) is -0.0430. The van der Waals surface area contributed by atoms with Crippen molar-refractivity contribution in [3.63, 3.8) is 0 Å². The summed E-state index contributed by atoms with van der Waals surface area (Å²) in [6, 6.07) is 13.2. The third kappa shape index (κ3) is 8.38. The Bertz CT molecular complexity index is 1010. The van der Waals surface area contributed by atoms with Gasteiger partial charge in [-0.1, -0.05) is 42.5 Å². The molecule has 3 atom stereocenters. The Labute approximate surface area is 205 Å². The fourth-order valence-electron chi connectivity index (χ4n) is 3.72. The van der Waals surface area contributed by atoms with Gasteiger partial charge < -0.3 is 30.5 Å². The van der Waals surface area contributed by atoms with E-state index in [4.69, 9.17) is 9.47 Å². The number of carbonyl (C=O) groups is 3. The van der Waals surface area contributed by atoms with Crippen LogP contribution < -0.4 is 20.7 Å². The number of carbonyl (C=O) groups excluding carboxylic acids is 2. The van der Waals surface area contributed by atoms with Crippen LogP contribution in [0.5, 0.6) is 5.75 Å². The molecule has 1 aliphatic rings. The number of hydrogen-bond acceptors (Lipinski definition) is 6. The van der Waals surface area contributed by atoms with Gasteiger partial charge in [-0.15, -0.1) is 0 Å². The molecule has 9 nitrogen and oxygen atoms in total. The zero-order valence-electron chi connectivity index (χ0n) is 20.1. The van der Waals surface area contributed by atoms with E-state index in [1.807, 2.05) is 49.4 Å². The minimum Gasteiger partial charge on any atom is -0.489 e. The Balaban J connectivity index is 1.55. The Kier molecular flexibility index (Phi) is 9.63. The number of rotatable bonds is 11. The van der Waals surface area contributed by atoms with Gasteiger partial charge in [0.25, 0.3) is 0 Å². The van der Waals surface area contributed by atoms with Crippen molar-refractivity contribution in [1.82, 2.24) is 16.0 Å². The van der Waals surface area contributed by atoms with Crippen LogP contribution in [0.2, 0.25) is 0 Å². The summed E-state index contributed by atoms with van der Waals surface area (Å²) in [6.45, 7) is 5.68. The average molecular weight is 484 g/mol. The quantitative estimate of drug-likeness (QED) is 0.382. The summed E-state index contributed by atoms with van der Waals surface area (Å²) in [5, 5.41) is 18.0. The Morgan fingerprint density at radius 3 is 2.60 bits per heavy atom. The highest BCUT2D eigenvalue weighted by atomic mass is 16.5. The van der Waals surface area contributed by atoms with Crippen molar-refractivity contribution in [2.24, 2.45) is 0 Å². The lowest BCUT2D eigenvalue weighted by molar-refractivity contribution is -0.142. The van der Waals surface area contributed by atoms with Crippen molar-refractivity contribution in [2.45, 2.75) is 51.5 Å². The van der Waals surface area contributed by atoms with Gasteiger partial charge in [0.05, 0.1) is 19.1 Å². The van der Waals surface area contributed by atoms with Gasteiger partial charge >= 0.3 is 5.97 Å². The number of ether oxygens (including phenoxy) is 2. The van der Waals surface area contributed by atoms with Gasteiger partial charge in [-0.3, -0.25) is 9.59 Å². The fourth-order valence-corrected chi connectivity index (χ4v) is 3.72. The average Bonchev–Trinajstić information content (AvgIpc) is 2.84. The molecule has 1 unspecified atom stereocenters. The van der Waals surface area contributed by atoms with Crippen LogP contribution in [-0.2, 0) is 32.1 Å². The molecule has 0 spiro atoms. The zero-order valence-corrected chi connectivity index (χ0v) is 20.1. The van der Waals surface area contributed by atoms with Crippen LogP contribution in [0.25, 0.3) is 0 Å². The van der Waals surface area contributed by atoms with Gasteiger partial charge in [-0.05, 0) is 36.6 Å². The molecule has 1 aliphatic heterocycles. The molecule has 9 heteroatoms. The highest BCUT2D eigenvalue weighted by Gasteiger charge is 2.25. The first-order valence-electron chi connectivity index (χ1n) is 11.7. The van der Waals surface area contributed by atoms with Crippen LogP contribution in [0.1, 0.15) is 30.0 Å². The molecule has 0 saturated carbocycles. The molecule has 2 aromatic rings. The molecule has 35 heavy (non-hydrogen) atoms. The van der Waals surface area contributed by atoms with Crippen molar-refractivity contribution in [2.75, 3.05) is 19.7 Å². The van der Waals surface area contributed by atoms with E-state index in [9.17, 15) is 19.5 Å². The number of carboxylic acids is 1. The molecule has 188 valence electrons. The first kappa shape index (κ1) is 26.2. The van der Waals surface area contributed by atoms with Crippen LogP contribution >= 0.6 is 0 Å². The molecule has 1 heterocycles. The topological polar surface area (TPSA) is 126 Å². The van der Waals surface area contributed by atoms with E-state index in [2.05, 4.69) is 16.0 Å². The molecule has 0 bridgehead atoms. The highest BCUT2D eigenvalue weighted by molar-refractivity contribution is 5.90. The molecular formula is C26H33N3O6. The monoisotopic (exact) mass is 483 g/mol. The molecule has 2 aromatic carbocycles. The summed E-state index contributed by atoms with van der Waals surface area (Å²) in [4.78, 5) is 36.7. The van der Waals surface area contributed by atoms with Gasteiger partial charge in [0, 0.05) is 19.5 Å². The third-order valence-electron chi connectivity index (χ3n) is 5.73. The smallest absolute Gasteiger partial charge is 0.326 e. The number of benzene rings is 2. The molecule has 1 fully saturated rings. The number of carboxylic acid groups (broad SMARTS) is 1. The standard InChI is InChI=1S/C26H33N3O6/c1-17-8-9-20(13-23(17)35-16-19-6-4-3-5-7-19)12-22(26(32)33)29-25(31)18(2)28-24(30)14-21-15-27-10-11-34-21/h3-9,13,18,21-22,27H,10-12,14-16H2,1-2H3,(H,28,30)(H,29,31)(H,32,33)/t18-,21?,22-/m0/s1. The Morgan fingerprint density at radius 2 is 1.91 bits per heavy atom. The molecule has 4 N–H and O–H groups in total. The molecule has 0 aromatic heterocycles. The Hall–Kier alpha value is -3.43. The fraction of sp³-hybridized carbons (Fsp3) is 0.423. The van der Waals surface area contributed by atoms with Gasteiger partial charge in [-0.25, -0.2) is 4.79 Å². The predicted molar refractivity (Wildman–Crippen MR) is 130 cm³/mol. The van der Waals surface area contributed by atoms with Crippen molar-refractivity contribution in [1.29, 1.82) is 0 Å². The zero-order chi connectivity index (χ0) is 25.2. The summed E-state index contributed by atoms with van der Waals surface area (Å²) in [7, 11) is 0. The molecule has 3 rings (SSSR count). The lowest BCUT2D eigenvalue weighted by atomic mass is 10.0. The lowest BCUT2D eigenvalue weighted by Gasteiger charge is -2.24. The van der Waals surface area contributed by atoms with E-state index in [1.54, 1.807) is 6.07 Å². The van der Waals surface area contributed by atoms with E-state index in [1.165, 1.54) is 6.92 Å². The number of aryl methyl sites for hydroxylation is 1. The number of aliphatic carboxylic acids is 1. The van der Waals surface area contributed by atoms with E-state index < -0.39 is 24.0 Å². The van der Waals surface area contributed by atoms with Gasteiger partial charge in [0.1, 0.15) is 24.4 Å². The summed E-state index contributed by atoms with van der Waals surface area (Å²) >= 11 is 0. The second-order valence-electron chi connectivity index (χ2n) is 8.67. The van der Waals surface area contributed by atoms with E-state index >= 15 is 0 Å². The SMILES string of the molecule is Cc1ccc(C[C@H](NC(=O)[C@H](C)NC(=O)CC2CNCCO2)C(=O)O)cc1OCc1ccccc1. The maximum absolute atomic E-state index is 12.6. The summed E-state index contributed by atoms with van der Waals surface area (Å²) in [5.74, 6) is -1.40. The van der Waals surface area contributed by atoms with Gasteiger partial charge in [0.15, 0.2) is 0 Å². The largest absolute Gasteiger partial charge is 0.489 e. The number of amides is 2. The number of hydrogen-bond donors (Lipinski definition) is 4. The normalized spacial score (nSPS) is 17.1. The maximum Gasteiger partial charge on any atom is 0.326 e. The van der Waals surface area contributed by atoms with Crippen LogP contribution in [0.3, 0.4) is 0 Å². The maximum atomic E-state index is 12.6. The number of morpholine rings is 1. The van der Waals surface area contributed by atoms with Crippen molar-refractivity contribution < 1.29 is 29.0 Å². The lowest BCUT2D eigenvalue weighted by Crippen LogP contribution is -2.51. The van der Waals surface area contributed by atoms with Crippen molar-refractivity contribution in [3.05, 3.63) is 65.2 Å². The van der Waals surface area contributed by atoms with Crippen molar-refractivity contribution >= 4 is 17.8 Å². The minimum absolute atomic E-state index is 0.0747. The summed E-state index contributed by atoms with van der Waals surface area (Å²) < 4.78 is 11.4. The molecular weight excluding hydrogens is 450 g/mol.